The van der Waals surface area contributed by atoms with Crippen molar-refractivity contribution in [3.05, 3.63) is 23.8 Å². The average molecular weight is 428 g/mol. The van der Waals surface area contributed by atoms with Gasteiger partial charge in [-0.25, -0.2) is 8.42 Å². The number of carbonyl (C=O) groups is 1. The number of carbonyl (C=O) groups excluding carboxylic acids is 1. The van der Waals surface area contributed by atoms with Gasteiger partial charge in [-0.3, -0.25) is 4.79 Å². The number of rotatable bonds is 5. The van der Waals surface area contributed by atoms with E-state index in [1.165, 1.54) is 12.8 Å². The summed E-state index contributed by atoms with van der Waals surface area (Å²) in [5.41, 5.74) is 1.79. The minimum Gasteiger partial charge on any atom is -0.314 e. The molecule has 6 nitrogen and oxygen atoms in total. The van der Waals surface area contributed by atoms with Crippen molar-refractivity contribution in [1.82, 2.24) is 9.62 Å². The molecule has 0 radical (unpaired) electrons. The molecule has 1 aromatic rings. The second kappa shape index (κ2) is 8.30. The Labute approximate surface area is 174 Å². The molecule has 28 heavy (non-hydrogen) atoms. The van der Waals surface area contributed by atoms with Crippen LogP contribution in [0.1, 0.15) is 45.1 Å². The number of anilines is 1. The van der Waals surface area contributed by atoms with Crippen molar-refractivity contribution < 1.29 is 13.2 Å². The highest BCUT2D eigenvalue weighted by Gasteiger charge is 2.33. The molecule has 156 valence electrons. The van der Waals surface area contributed by atoms with Crippen molar-refractivity contribution in [2.24, 2.45) is 5.92 Å². The number of piperidine rings is 1. The van der Waals surface area contributed by atoms with Gasteiger partial charge in [-0.05, 0) is 75.3 Å². The molecule has 4 rings (SSSR count). The third kappa shape index (κ3) is 4.22. The maximum absolute atomic E-state index is 13.1. The number of nitrogens with one attached hydrogen (secondary N) is 1. The van der Waals surface area contributed by atoms with Crippen LogP contribution in [-0.2, 0) is 21.2 Å². The summed E-state index contributed by atoms with van der Waals surface area (Å²) in [6.07, 6.45) is 5.10. The van der Waals surface area contributed by atoms with Crippen LogP contribution in [0.3, 0.4) is 0 Å². The third-order valence-electron chi connectivity index (χ3n) is 6.09. The molecule has 0 bridgehead atoms. The van der Waals surface area contributed by atoms with Gasteiger partial charge in [0.1, 0.15) is 0 Å². The largest absolute Gasteiger partial charge is 0.314 e. The van der Waals surface area contributed by atoms with Crippen LogP contribution >= 0.6 is 12.4 Å². The number of hydrogen-bond acceptors (Lipinski definition) is 4. The van der Waals surface area contributed by atoms with E-state index >= 15 is 0 Å². The van der Waals surface area contributed by atoms with Gasteiger partial charge in [0.05, 0.1) is 4.90 Å². The molecule has 8 heteroatoms. The molecule has 1 saturated heterocycles. The molecule has 2 fully saturated rings. The Morgan fingerprint density at radius 3 is 2.46 bits per heavy atom. The number of fused-ring (bicyclic) bond motifs is 1. The molecule has 1 amide bonds. The fraction of sp³-hybridized carbons (Fsp3) is 0.650. The lowest BCUT2D eigenvalue weighted by Crippen LogP contribution is -2.45. The predicted molar refractivity (Wildman–Crippen MR) is 113 cm³/mol. The Balaban J connectivity index is 0.00000225. The summed E-state index contributed by atoms with van der Waals surface area (Å²) >= 11 is 0. The summed E-state index contributed by atoms with van der Waals surface area (Å²) in [4.78, 5) is 14.0. The van der Waals surface area contributed by atoms with Crippen molar-refractivity contribution in [3.8, 4) is 0 Å². The number of benzene rings is 1. The van der Waals surface area contributed by atoms with Gasteiger partial charge in [-0.15, -0.1) is 12.4 Å². The van der Waals surface area contributed by atoms with Gasteiger partial charge < -0.3 is 10.2 Å². The smallest absolute Gasteiger partial charge is 0.243 e. The van der Waals surface area contributed by atoms with Gasteiger partial charge in [-0.1, -0.05) is 0 Å². The summed E-state index contributed by atoms with van der Waals surface area (Å²) in [6.45, 7) is 5.76. The highest BCUT2D eigenvalue weighted by atomic mass is 35.5. The predicted octanol–water partition coefficient (Wildman–Crippen LogP) is 2.56. The first-order valence-corrected chi connectivity index (χ1v) is 11.5. The number of sulfonamides is 1. The lowest BCUT2D eigenvalue weighted by Gasteiger charge is -2.32. The molecule has 0 aromatic heterocycles. The Morgan fingerprint density at radius 2 is 1.86 bits per heavy atom. The Kier molecular flexibility index (Phi) is 6.39. The molecule has 2 heterocycles. The van der Waals surface area contributed by atoms with Gasteiger partial charge in [0.25, 0.3) is 0 Å². The fourth-order valence-electron chi connectivity index (χ4n) is 4.35. The van der Waals surface area contributed by atoms with Crippen molar-refractivity contribution in [3.63, 3.8) is 0 Å². The van der Waals surface area contributed by atoms with Crippen molar-refractivity contribution in [1.29, 1.82) is 0 Å². The van der Waals surface area contributed by atoms with Crippen LogP contribution in [0.2, 0.25) is 0 Å². The van der Waals surface area contributed by atoms with E-state index < -0.39 is 10.0 Å². The van der Waals surface area contributed by atoms with Crippen molar-refractivity contribution in [2.75, 3.05) is 24.5 Å². The molecular weight excluding hydrogens is 398 g/mol. The molecule has 0 spiro atoms. The topological polar surface area (TPSA) is 69.7 Å². The second-order valence-corrected chi connectivity index (χ2v) is 10.2. The second-order valence-electron chi connectivity index (χ2n) is 8.26. The average Bonchev–Trinajstić information content (AvgIpc) is 3.40. The minimum atomic E-state index is -3.48. The van der Waals surface area contributed by atoms with E-state index in [0.717, 1.165) is 36.6 Å². The molecule has 1 N–H and O–H groups in total. The Bertz CT molecular complexity index is 833. The van der Waals surface area contributed by atoms with E-state index in [1.54, 1.807) is 34.3 Å². The zero-order chi connectivity index (χ0) is 19.2. The van der Waals surface area contributed by atoms with Crippen LogP contribution in [-0.4, -0.2) is 50.3 Å². The Hall–Kier alpha value is -1.15. The van der Waals surface area contributed by atoms with Gasteiger partial charge >= 0.3 is 0 Å². The summed E-state index contributed by atoms with van der Waals surface area (Å²) in [5, 5.41) is 3.59. The summed E-state index contributed by atoms with van der Waals surface area (Å²) in [7, 11) is -3.48. The monoisotopic (exact) mass is 427 g/mol. The maximum Gasteiger partial charge on any atom is 0.243 e. The standard InChI is InChI=1S/C20H29N3O3S.ClH/c1-14-11-17-12-19(5-6-20(17)23(14)15(2)24)27(25,26)22-9-7-18(8-10-22)21-13-16-3-4-16;/h5-6,12,14,16,18,21H,3-4,7-11,13H2,1-2H3;1H. The third-order valence-corrected chi connectivity index (χ3v) is 7.98. The van der Waals surface area contributed by atoms with Crippen molar-refractivity contribution in [2.45, 2.75) is 62.9 Å². The summed E-state index contributed by atoms with van der Waals surface area (Å²) in [5.74, 6) is 0.841. The number of nitrogens with zero attached hydrogens (tertiary/aromatic N) is 2. The van der Waals surface area contributed by atoms with Crippen LogP contribution < -0.4 is 10.2 Å². The first-order chi connectivity index (χ1) is 12.9. The normalized spacial score (nSPS) is 23.4. The highest BCUT2D eigenvalue weighted by molar-refractivity contribution is 7.89. The molecular formula is C20H30ClN3O3S. The fourth-order valence-corrected chi connectivity index (χ4v) is 5.87. The quantitative estimate of drug-likeness (QED) is 0.784. The first kappa shape index (κ1) is 21.6. The van der Waals surface area contributed by atoms with Crippen LogP contribution in [0.15, 0.2) is 23.1 Å². The molecule has 1 aliphatic carbocycles. The zero-order valence-electron chi connectivity index (χ0n) is 16.6. The van der Waals surface area contributed by atoms with Gasteiger partial charge in [0, 0.05) is 37.8 Å². The molecule has 1 atom stereocenters. The van der Waals surface area contributed by atoms with Gasteiger partial charge in [0.15, 0.2) is 0 Å². The molecule has 2 aliphatic heterocycles. The van der Waals surface area contributed by atoms with Crippen LogP contribution in [0.25, 0.3) is 0 Å². The van der Waals surface area contributed by atoms with E-state index in [-0.39, 0.29) is 24.4 Å². The van der Waals surface area contributed by atoms with Gasteiger partial charge in [-0.2, -0.15) is 4.31 Å². The summed E-state index contributed by atoms with van der Waals surface area (Å²) < 4.78 is 27.8. The highest BCUT2D eigenvalue weighted by Crippen LogP contribution is 2.35. The van der Waals surface area contributed by atoms with E-state index in [9.17, 15) is 13.2 Å². The lowest BCUT2D eigenvalue weighted by molar-refractivity contribution is -0.116. The van der Waals surface area contributed by atoms with Crippen LogP contribution in [0.4, 0.5) is 5.69 Å². The lowest BCUT2D eigenvalue weighted by atomic mass is 10.1. The number of hydrogen-bond donors (Lipinski definition) is 1. The minimum absolute atomic E-state index is 0. The zero-order valence-corrected chi connectivity index (χ0v) is 18.2. The molecule has 1 saturated carbocycles. The Morgan fingerprint density at radius 1 is 1.18 bits per heavy atom. The maximum atomic E-state index is 13.1. The van der Waals surface area contributed by atoms with E-state index in [1.807, 2.05) is 6.92 Å². The number of amides is 1. The SMILES string of the molecule is CC(=O)N1c2ccc(S(=O)(=O)N3CCC(NCC4CC4)CC3)cc2CC1C.Cl. The van der Waals surface area contributed by atoms with Gasteiger partial charge in [0.2, 0.25) is 15.9 Å². The van der Waals surface area contributed by atoms with E-state index in [0.29, 0.717) is 30.4 Å². The molecule has 3 aliphatic rings. The van der Waals surface area contributed by atoms with Crippen LogP contribution in [0.5, 0.6) is 0 Å². The molecule has 1 unspecified atom stereocenters. The van der Waals surface area contributed by atoms with Crippen LogP contribution in [0, 0.1) is 5.92 Å². The molecule has 1 aromatic carbocycles. The van der Waals surface area contributed by atoms with E-state index in [4.69, 9.17) is 0 Å². The number of halogens is 1. The van der Waals surface area contributed by atoms with E-state index in [2.05, 4.69) is 5.32 Å². The first-order valence-electron chi connectivity index (χ1n) is 10.0. The van der Waals surface area contributed by atoms with Crippen molar-refractivity contribution >= 4 is 34.0 Å². The summed E-state index contributed by atoms with van der Waals surface area (Å²) in [6, 6.07) is 5.71.